The van der Waals surface area contributed by atoms with Gasteiger partial charge >= 0.3 is 0 Å². The molecule has 26 heavy (non-hydrogen) atoms. The van der Waals surface area contributed by atoms with E-state index in [1.807, 2.05) is 48.5 Å². The summed E-state index contributed by atoms with van der Waals surface area (Å²) >= 11 is 1.53. The van der Waals surface area contributed by atoms with Crippen molar-refractivity contribution in [2.24, 2.45) is 0 Å². The monoisotopic (exact) mass is 360 g/mol. The Morgan fingerprint density at radius 2 is 1.77 bits per heavy atom. The molecule has 5 nitrogen and oxygen atoms in total. The van der Waals surface area contributed by atoms with Crippen LogP contribution in [0.3, 0.4) is 0 Å². The standard InChI is InChI=1S/C20H16N4OS/c21-11-17-18(16-9-5-2-6-10-16)22-20-24(19(17)25)13-23(14-26-20)12-15-7-3-1-4-8-15/h1-10H,12-14H2. The molecule has 2 aromatic carbocycles. The molecular formula is C20H16N4OS. The van der Waals surface area contributed by atoms with E-state index in [1.54, 1.807) is 4.57 Å². The highest BCUT2D eigenvalue weighted by Gasteiger charge is 2.23. The normalized spacial score (nSPS) is 13.8. The second kappa shape index (κ2) is 7.16. The van der Waals surface area contributed by atoms with Crippen LogP contribution in [-0.4, -0.2) is 20.3 Å². The van der Waals surface area contributed by atoms with E-state index in [0.717, 1.165) is 18.0 Å². The largest absolute Gasteiger partial charge is 0.273 e. The fraction of sp³-hybridized carbons (Fsp3) is 0.150. The molecule has 128 valence electrons. The Morgan fingerprint density at radius 3 is 2.46 bits per heavy atom. The van der Waals surface area contributed by atoms with E-state index in [1.165, 1.54) is 17.3 Å². The Hall–Kier alpha value is -2.88. The number of hydrogen-bond acceptors (Lipinski definition) is 5. The van der Waals surface area contributed by atoms with Crippen LogP contribution in [0.1, 0.15) is 11.1 Å². The van der Waals surface area contributed by atoms with Crippen molar-refractivity contribution in [2.45, 2.75) is 18.4 Å². The molecule has 0 aliphatic carbocycles. The van der Waals surface area contributed by atoms with Crippen LogP contribution in [0.2, 0.25) is 0 Å². The van der Waals surface area contributed by atoms with Crippen molar-refractivity contribution in [3.63, 3.8) is 0 Å². The maximum absolute atomic E-state index is 12.9. The summed E-state index contributed by atoms with van der Waals surface area (Å²) in [6.07, 6.45) is 0. The van der Waals surface area contributed by atoms with Crippen LogP contribution in [0.25, 0.3) is 11.3 Å². The van der Waals surface area contributed by atoms with Crippen molar-refractivity contribution in [1.82, 2.24) is 14.5 Å². The highest BCUT2D eigenvalue weighted by Crippen LogP contribution is 2.27. The molecule has 1 aromatic heterocycles. The van der Waals surface area contributed by atoms with E-state index in [9.17, 15) is 10.1 Å². The molecule has 0 saturated carbocycles. The minimum atomic E-state index is -0.276. The van der Waals surface area contributed by atoms with Gasteiger partial charge in [-0.05, 0) is 5.56 Å². The van der Waals surface area contributed by atoms with Gasteiger partial charge in [-0.15, -0.1) is 0 Å². The lowest BCUT2D eigenvalue weighted by molar-refractivity contribution is 0.222. The van der Waals surface area contributed by atoms with Gasteiger partial charge in [-0.25, -0.2) is 4.98 Å². The summed E-state index contributed by atoms with van der Waals surface area (Å²) in [7, 11) is 0. The molecule has 0 amide bonds. The van der Waals surface area contributed by atoms with Crippen LogP contribution in [0, 0.1) is 11.3 Å². The van der Waals surface area contributed by atoms with Crippen molar-refractivity contribution < 1.29 is 0 Å². The fourth-order valence-corrected chi connectivity index (χ4v) is 3.93. The summed E-state index contributed by atoms with van der Waals surface area (Å²) in [5.41, 5.74) is 2.27. The lowest BCUT2D eigenvalue weighted by Crippen LogP contribution is -2.38. The maximum Gasteiger partial charge on any atom is 0.273 e. The molecule has 0 bridgehead atoms. The summed E-state index contributed by atoms with van der Waals surface area (Å²) in [6.45, 7) is 1.19. The number of thioether (sulfide) groups is 1. The lowest BCUT2D eigenvalue weighted by Gasteiger charge is -2.29. The summed E-state index contributed by atoms with van der Waals surface area (Å²) < 4.78 is 1.60. The van der Waals surface area contributed by atoms with Gasteiger partial charge in [0.2, 0.25) is 0 Å². The molecule has 0 unspecified atom stereocenters. The van der Waals surface area contributed by atoms with Gasteiger partial charge in [0.05, 0.1) is 18.2 Å². The van der Waals surface area contributed by atoms with E-state index in [-0.39, 0.29) is 11.1 Å². The molecule has 0 atom stereocenters. The van der Waals surface area contributed by atoms with Crippen molar-refractivity contribution in [2.75, 3.05) is 5.88 Å². The Balaban J connectivity index is 1.70. The molecule has 0 fully saturated rings. The summed E-state index contributed by atoms with van der Waals surface area (Å²) in [5.74, 6) is 0.751. The highest BCUT2D eigenvalue weighted by molar-refractivity contribution is 7.99. The summed E-state index contributed by atoms with van der Waals surface area (Å²) in [4.78, 5) is 19.7. The Kier molecular flexibility index (Phi) is 4.57. The van der Waals surface area contributed by atoms with E-state index < -0.39 is 0 Å². The number of aromatic nitrogens is 2. The van der Waals surface area contributed by atoms with Gasteiger partial charge in [0.25, 0.3) is 5.56 Å². The highest BCUT2D eigenvalue weighted by atomic mass is 32.2. The first-order valence-corrected chi connectivity index (χ1v) is 9.24. The van der Waals surface area contributed by atoms with Crippen molar-refractivity contribution in [1.29, 1.82) is 5.26 Å². The number of benzene rings is 2. The second-order valence-electron chi connectivity index (χ2n) is 6.06. The van der Waals surface area contributed by atoms with Crippen LogP contribution in [0.4, 0.5) is 0 Å². The third-order valence-electron chi connectivity index (χ3n) is 4.26. The zero-order valence-electron chi connectivity index (χ0n) is 14.0. The first-order chi connectivity index (χ1) is 12.8. The molecule has 0 N–H and O–H groups in total. The quantitative estimate of drug-likeness (QED) is 0.671. The van der Waals surface area contributed by atoms with Crippen LogP contribution in [0.5, 0.6) is 0 Å². The molecule has 2 heterocycles. The van der Waals surface area contributed by atoms with Crippen molar-refractivity contribution in [3.8, 4) is 17.3 Å². The van der Waals surface area contributed by atoms with Gasteiger partial charge in [0.15, 0.2) is 5.16 Å². The smallest absolute Gasteiger partial charge is 0.273 e. The third kappa shape index (κ3) is 3.15. The number of rotatable bonds is 3. The van der Waals surface area contributed by atoms with E-state index in [4.69, 9.17) is 0 Å². The minimum absolute atomic E-state index is 0.0992. The molecular weight excluding hydrogens is 344 g/mol. The third-order valence-corrected chi connectivity index (χ3v) is 5.32. The van der Waals surface area contributed by atoms with Crippen LogP contribution >= 0.6 is 11.8 Å². The first kappa shape index (κ1) is 16.6. The number of nitriles is 1. The predicted octanol–water partition coefficient (Wildman–Crippen LogP) is 3.30. The van der Waals surface area contributed by atoms with Gasteiger partial charge in [-0.2, -0.15) is 5.26 Å². The number of fused-ring (bicyclic) bond motifs is 1. The molecule has 0 saturated heterocycles. The zero-order chi connectivity index (χ0) is 17.9. The second-order valence-corrected chi connectivity index (χ2v) is 6.97. The molecule has 0 radical (unpaired) electrons. The average molecular weight is 360 g/mol. The van der Waals surface area contributed by atoms with Gasteiger partial charge in [-0.3, -0.25) is 14.3 Å². The summed E-state index contributed by atoms with van der Waals surface area (Å²) in [5, 5.41) is 10.2. The fourth-order valence-electron chi connectivity index (χ4n) is 3.00. The van der Waals surface area contributed by atoms with Gasteiger partial charge in [-0.1, -0.05) is 72.4 Å². The minimum Gasteiger partial charge on any atom is -0.273 e. The van der Waals surface area contributed by atoms with Crippen LogP contribution < -0.4 is 5.56 Å². The Bertz CT molecular complexity index is 1030. The molecule has 3 aromatic rings. The number of nitrogens with zero attached hydrogens (tertiary/aromatic N) is 4. The maximum atomic E-state index is 12.9. The lowest BCUT2D eigenvalue weighted by atomic mass is 10.1. The predicted molar refractivity (Wildman–Crippen MR) is 101 cm³/mol. The SMILES string of the molecule is N#Cc1c(-c2ccccc2)nc2n(c1=O)CN(Cc1ccccc1)CS2. The van der Waals surface area contributed by atoms with Crippen molar-refractivity contribution >= 4 is 11.8 Å². The Morgan fingerprint density at radius 1 is 1.08 bits per heavy atom. The molecule has 6 heteroatoms. The van der Waals surface area contributed by atoms with Crippen LogP contribution in [-0.2, 0) is 13.2 Å². The average Bonchev–Trinajstić information content (AvgIpc) is 2.70. The van der Waals surface area contributed by atoms with Gasteiger partial charge in [0.1, 0.15) is 11.6 Å². The molecule has 1 aliphatic rings. The van der Waals surface area contributed by atoms with Gasteiger partial charge < -0.3 is 0 Å². The molecule has 4 rings (SSSR count). The van der Waals surface area contributed by atoms with E-state index in [0.29, 0.717) is 17.5 Å². The molecule has 0 spiro atoms. The van der Waals surface area contributed by atoms with E-state index in [2.05, 4.69) is 28.1 Å². The van der Waals surface area contributed by atoms with E-state index >= 15 is 0 Å². The van der Waals surface area contributed by atoms with Crippen molar-refractivity contribution in [3.05, 3.63) is 82.1 Å². The number of hydrogen-bond donors (Lipinski definition) is 0. The summed E-state index contributed by atoms with van der Waals surface area (Å²) in [6, 6.07) is 21.6. The Labute approximate surface area is 155 Å². The van der Waals surface area contributed by atoms with Crippen LogP contribution in [0.15, 0.2) is 70.6 Å². The molecule has 1 aliphatic heterocycles. The topological polar surface area (TPSA) is 61.9 Å². The van der Waals surface area contributed by atoms with Gasteiger partial charge in [0, 0.05) is 12.1 Å². The first-order valence-electron chi connectivity index (χ1n) is 8.25. The zero-order valence-corrected chi connectivity index (χ0v) is 14.8.